The number of nitrogens with zero attached hydrogens (tertiary/aromatic N) is 1. The third-order valence-electron chi connectivity index (χ3n) is 3.90. The molecule has 1 aromatic rings. The highest BCUT2D eigenvalue weighted by Crippen LogP contribution is 2.29. The minimum atomic E-state index is -0.172. The lowest BCUT2D eigenvalue weighted by Crippen LogP contribution is -2.43. The van der Waals surface area contributed by atoms with Crippen molar-refractivity contribution in [1.82, 2.24) is 5.32 Å². The zero-order valence-corrected chi connectivity index (χ0v) is 12.7. The van der Waals surface area contributed by atoms with Gasteiger partial charge < -0.3 is 15.0 Å². The van der Waals surface area contributed by atoms with Crippen molar-refractivity contribution in [1.29, 1.82) is 0 Å². The van der Waals surface area contributed by atoms with E-state index in [1.807, 2.05) is 6.07 Å². The summed E-state index contributed by atoms with van der Waals surface area (Å²) in [6.07, 6.45) is 1.28. The summed E-state index contributed by atoms with van der Waals surface area (Å²) in [6.45, 7) is 9.66. The first kappa shape index (κ1) is 15.3. The van der Waals surface area contributed by atoms with Crippen LogP contribution in [0.5, 0.6) is 0 Å². The Balaban J connectivity index is 2.25. The van der Waals surface area contributed by atoms with E-state index in [0.29, 0.717) is 0 Å². The van der Waals surface area contributed by atoms with Crippen LogP contribution in [0.2, 0.25) is 0 Å². The van der Waals surface area contributed by atoms with Gasteiger partial charge in [-0.3, -0.25) is 0 Å². The van der Waals surface area contributed by atoms with Gasteiger partial charge in [0, 0.05) is 24.8 Å². The first-order chi connectivity index (χ1) is 9.65. The number of nitrogens with one attached hydrogen (secondary N) is 1. The van der Waals surface area contributed by atoms with E-state index in [0.717, 1.165) is 43.9 Å². The minimum absolute atomic E-state index is 0.147. The molecule has 0 aromatic heterocycles. The molecule has 0 amide bonds. The first-order valence-electron chi connectivity index (χ1n) is 7.55. The summed E-state index contributed by atoms with van der Waals surface area (Å²) >= 11 is 0. The van der Waals surface area contributed by atoms with Gasteiger partial charge in [0.05, 0.1) is 12.7 Å². The van der Waals surface area contributed by atoms with E-state index in [2.05, 4.69) is 31.0 Å². The van der Waals surface area contributed by atoms with Gasteiger partial charge in [0.25, 0.3) is 0 Å². The number of ether oxygens (including phenoxy) is 1. The molecule has 112 valence electrons. The molecule has 0 radical (unpaired) electrons. The van der Waals surface area contributed by atoms with Crippen molar-refractivity contribution in [2.45, 2.75) is 39.3 Å². The van der Waals surface area contributed by atoms with Crippen molar-refractivity contribution in [3.05, 3.63) is 29.6 Å². The number of hydrogen-bond acceptors (Lipinski definition) is 3. The highest BCUT2D eigenvalue weighted by molar-refractivity contribution is 5.55. The van der Waals surface area contributed by atoms with E-state index in [9.17, 15) is 4.39 Å². The first-order valence-corrected chi connectivity index (χ1v) is 7.55. The quantitative estimate of drug-likeness (QED) is 0.897. The topological polar surface area (TPSA) is 24.5 Å². The molecule has 1 saturated heterocycles. The molecule has 2 atom stereocenters. The Hall–Kier alpha value is -1.13. The van der Waals surface area contributed by atoms with Crippen LogP contribution in [0, 0.1) is 5.82 Å². The number of hydrogen-bond donors (Lipinski definition) is 1. The van der Waals surface area contributed by atoms with E-state index in [-0.39, 0.29) is 18.0 Å². The second kappa shape index (κ2) is 7.04. The summed E-state index contributed by atoms with van der Waals surface area (Å²) in [4.78, 5) is 2.32. The molecule has 1 fully saturated rings. The van der Waals surface area contributed by atoms with Gasteiger partial charge >= 0.3 is 0 Å². The van der Waals surface area contributed by atoms with Crippen LogP contribution in [0.1, 0.15) is 38.8 Å². The summed E-state index contributed by atoms with van der Waals surface area (Å²) < 4.78 is 19.3. The average Bonchev–Trinajstić information content (AvgIpc) is 2.47. The Morgan fingerprint density at radius 2 is 2.25 bits per heavy atom. The lowest BCUT2D eigenvalue weighted by atomic mass is 10.0. The van der Waals surface area contributed by atoms with E-state index in [1.165, 1.54) is 0 Å². The molecular formula is C16H25FN2O. The molecule has 1 heterocycles. The second-order valence-corrected chi connectivity index (χ2v) is 5.33. The van der Waals surface area contributed by atoms with E-state index < -0.39 is 0 Å². The molecule has 1 aromatic carbocycles. The lowest BCUT2D eigenvalue weighted by Gasteiger charge is -2.36. The maximum absolute atomic E-state index is 13.6. The van der Waals surface area contributed by atoms with Crippen LogP contribution >= 0.6 is 0 Å². The fraction of sp³-hybridized carbons (Fsp3) is 0.625. The number of rotatable bonds is 5. The predicted molar refractivity (Wildman–Crippen MR) is 80.7 cm³/mol. The molecule has 0 bridgehead atoms. The molecule has 0 saturated carbocycles. The molecular weight excluding hydrogens is 255 g/mol. The Morgan fingerprint density at radius 3 is 2.95 bits per heavy atom. The summed E-state index contributed by atoms with van der Waals surface area (Å²) in [5.74, 6) is -0.172. The lowest BCUT2D eigenvalue weighted by molar-refractivity contribution is 0.0383. The standard InChI is InChI=1S/C16H25FN2O/c1-4-14-11-19(8-9-20-14)16-7-6-13(17)10-15(16)12(3)18-5-2/h6-7,10,12,14,18H,4-5,8-9,11H2,1-3H3. The van der Waals surface area contributed by atoms with Crippen LogP contribution in [0.3, 0.4) is 0 Å². The van der Waals surface area contributed by atoms with Crippen molar-refractivity contribution in [3.8, 4) is 0 Å². The third kappa shape index (κ3) is 3.49. The largest absolute Gasteiger partial charge is 0.375 e. The monoisotopic (exact) mass is 280 g/mol. The van der Waals surface area contributed by atoms with Crippen molar-refractivity contribution < 1.29 is 9.13 Å². The second-order valence-electron chi connectivity index (χ2n) is 5.33. The maximum Gasteiger partial charge on any atom is 0.123 e. The van der Waals surface area contributed by atoms with Crippen LogP contribution in [-0.2, 0) is 4.74 Å². The minimum Gasteiger partial charge on any atom is -0.375 e. The summed E-state index contributed by atoms with van der Waals surface area (Å²) in [5, 5.41) is 3.37. The van der Waals surface area contributed by atoms with Crippen LogP contribution in [0.4, 0.5) is 10.1 Å². The van der Waals surface area contributed by atoms with Crippen LogP contribution in [-0.4, -0.2) is 32.3 Å². The van der Waals surface area contributed by atoms with Crippen LogP contribution < -0.4 is 10.2 Å². The van der Waals surface area contributed by atoms with Crippen LogP contribution in [0.15, 0.2) is 18.2 Å². The van der Waals surface area contributed by atoms with Crippen molar-refractivity contribution >= 4 is 5.69 Å². The van der Waals surface area contributed by atoms with E-state index >= 15 is 0 Å². The van der Waals surface area contributed by atoms with Gasteiger partial charge in [-0.05, 0) is 43.7 Å². The fourth-order valence-corrected chi connectivity index (χ4v) is 2.76. The fourth-order valence-electron chi connectivity index (χ4n) is 2.76. The van der Waals surface area contributed by atoms with Crippen molar-refractivity contribution in [3.63, 3.8) is 0 Å². The summed E-state index contributed by atoms with van der Waals surface area (Å²) in [5.41, 5.74) is 2.16. The molecule has 20 heavy (non-hydrogen) atoms. The normalized spacial score (nSPS) is 21.0. The number of morpholine rings is 1. The van der Waals surface area contributed by atoms with Crippen molar-refractivity contribution in [2.24, 2.45) is 0 Å². The Morgan fingerprint density at radius 1 is 1.45 bits per heavy atom. The maximum atomic E-state index is 13.6. The highest BCUT2D eigenvalue weighted by Gasteiger charge is 2.22. The molecule has 2 unspecified atom stereocenters. The molecule has 0 aliphatic carbocycles. The summed E-state index contributed by atoms with van der Waals surface area (Å²) in [7, 11) is 0. The Bertz CT molecular complexity index is 438. The number of halogens is 1. The van der Waals surface area contributed by atoms with E-state index in [4.69, 9.17) is 4.74 Å². The van der Waals surface area contributed by atoms with Gasteiger partial charge in [-0.2, -0.15) is 0 Å². The summed E-state index contributed by atoms with van der Waals surface area (Å²) in [6, 6.07) is 5.25. The van der Waals surface area contributed by atoms with Gasteiger partial charge in [-0.1, -0.05) is 13.8 Å². The average molecular weight is 280 g/mol. The smallest absolute Gasteiger partial charge is 0.123 e. The SMILES string of the molecule is CCNC(C)c1cc(F)ccc1N1CCOC(CC)C1. The van der Waals surface area contributed by atoms with Gasteiger partial charge in [-0.25, -0.2) is 4.39 Å². The number of anilines is 1. The molecule has 1 aliphatic heterocycles. The van der Waals surface area contributed by atoms with Gasteiger partial charge in [-0.15, -0.1) is 0 Å². The number of benzene rings is 1. The molecule has 3 nitrogen and oxygen atoms in total. The zero-order valence-electron chi connectivity index (χ0n) is 12.7. The molecule has 1 N–H and O–H groups in total. The highest BCUT2D eigenvalue weighted by atomic mass is 19.1. The Kier molecular flexibility index (Phi) is 5.38. The van der Waals surface area contributed by atoms with Gasteiger partial charge in [0.1, 0.15) is 5.82 Å². The van der Waals surface area contributed by atoms with E-state index in [1.54, 1.807) is 12.1 Å². The molecule has 4 heteroatoms. The van der Waals surface area contributed by atoms with Crippen molar-refractivity contribution in [2.75, 3.05) is 31.1 Å². The van der Waals surface area contributed by atoms with Crippen LogP contribution in [0.25, 0.3) is 0 Å². The predicted octanol–water partition coefficient (Wildman–Crippen LogP) is 3.11. The molecule has 0 spiro atoms. The van der Waals surface area contributed by atoms with Gasteiger partial charge in [0.15, 0.2) is 0 Å². The zero-order chi connectivity index (χ0) is 14.5. The molecule has 2 rings (SSSR count). The van der Waals surface area contributed by atoms with Gasteiger partial charge in [0.2, 0.25) is 0 Å². The Labute approximate surface area is 121 Å². The molecule has 1 aliphatic rings. The third-order valence-corrected chi connectivity index (χ3v) is 3.90.